The molecule has 0 radical (unpaired) electrons. The van der Waals surface area contributed by atoms with Crippen molar-refractivity contribution in [1.82, 2.24) is 9.88 Å². The Balaban J connectivity index is 1.01. The molecule has 2 aromatic rings. The van der Waals surface area contributed by atoms with E-state index in [1.807, 2.05) is 29.2 Å². The van der Waals surface area contributed by atoms with Crippen LogP contribution in [0.25, 0.3) is 0 Å². The fourth-order valence-electron chi connectivity index (χ4n) is 7.12. The Bertz CT molecular complexity index is 1170. The number of pyridine rings is 1. The number of benzene rings is 1. The standard InChI is InChI=1S/C28H30F2N4O/c29-28(30)26(9-1-10-26)27(28)15-20(16-27)18-33-24-14-23(6-11-32-24)25(35)34-12-7-22(8-13-34)21-4-2-19(17-31)3-5-21/h2-6,11,14,20,22H,1,7-10,12-13,15-16,18H2,(H,32,33). The summed E-state index contributed by atoms with van der Waals surface area (Å²) in [5.41, 5.74) is 1.09. The minimum absolute atomic E-state index is 0.000809. The summed E-state index contributed by atoms with van der Waals surface area (Å²) in [6.45, 7) is 2.00. The van der Waals surface area contributed by atoms with Crippen LogP contribution in [0.3, 0.4) is 0 Å². The molecule has 4 aliphatic rings. The Morgan fingerprint density at radius 1 is 1.11 bits per heavy atom. The van der Waals surface area contributed by atoms with Crippen LogP contribution in [0.5, 0.6) is 0 Å². The van der Waals surface area contributed by atoms with Crippen LogP contribution in [0.1, 0.15) is 72.3 Å². The fraction of sp³-hybridized carbons (Fsp3) is 0.536. The summed E-state index contributed by atoms with van der Waals surface area (Å²) in [7, 11) is 0. The maximum Gasteiger partial charge on any atom is 0.260 e. The SMILES string of the molecule is N#Cc1ccc(C2CCN(C(=O)c3ccnc(NCC4CC5(C4)C(F)(F)C54CCC4)c3)CC2)cc1. The van der Waals surface area contributed by atoms with Crippen LogP contribution in [0.4, 0.5) is 14.6 Å². The van der Waals surface area contributed by atoms with Crippen molar-refractivity contribution >= 4 is 11.7 Å². The number of aromatic nitrogens is 1. The van der Waals surface area contributed by atoms with Gasteiger partial charge in [-0.05, 0) is 80.2 Å². The van der Waals surface area contributed by atoms with Gasteiger partial charge in [-0.3, -0.25) is 4.79 Å². The first-order valence-electron chi connectivity index (χ1n) is 12.8. The molecule has 182 valence electrons. The number of carbonyl (C=O) groups is 1. The van der Waals surface area contributed by atoms with E-state index in [4.69, 9.17) is 5.26 Å². The van der Waals surface area contributed by atoms with Gasteiger partial charge in [-0.25, -0.2) is 13.8 Å². The molecule has 7 heteroatoms. The van der Waals surface area contributed by atoms with Crippen LogP contribution in [0, 0.1) is 28.1 Å². The largest absolute Gasteiger partial charge is 0.370 e. The number of halogens is 2. The Labute approximate surface area is 204 Å². The average molecular weight is 477 g/mol. The third-order valence-electron chi connectivity index (χ3n) is 9.41. The number of carbonyl (C=O) groups excluding carboxylic acids is 1. The summed E-state index contributed by atoms with van der Waals surface area (Å²) in [5.74, 6) is -1.20. The summed E-state index contributed by atoms with van der Waals surface area (Å²) in [6.07, 6.45) is 6.94. The highest BCUT2D eigenvalue weighted by atomic mass is 19.3. The second-order valence-corrected chi connectivity index (χ2v) is 11.0. The van der Waals surface area contributed by atoms with Crippen molar-refractivity contribution < 1.29 is 13.6 Å². The number of fused-ring (bicyclic) bond motifs is 1. The third-order valence-corrected chi connectivity index (χ3v) is 9.41. The van der Waals surface area contributed by atoms with Crippen molar-refractivity contribution in [3.63, 3.8) is 0 Å². The molecule has 3 aliphatic carbocycles. The normalized spacial score (nSPS) is 28.1. The van der Waals surface area contributed by atoms with Crippen LogP contribution >= 0.6 is 0 Å². The van der Waals surface area contributed by atoms with E-state index < -0.39 is 16.8 Å². The number of rotatable bonds is 5. The van der Waals surface area contributed by atoms with Gasteiger partial charge in [0.1, 0.15) is 5.82 Å². The van der Waals surface area contributed by atoms with Crippen LogP contribution in [-0.4, -0.2) is 41.3 Å². The minimum Gasteiger partial charge on any atom is -0.370 e. The van der Waals surface area contributed by atoms with Crippen molar-refractivity contribution in [2.24, 2.45) is 16.7 Å². The zero-order valence-electron chi connectivity index (χ0n) is 19.8. The molecule has 1 amide bonds. The smallest absolute Gasteiger partial charge is 0.260 e. The Hall–Kier alpha value is -3.01. The van der Waals surface area contributed by atoms with Gasteiger partial charge in [-0.15, -0.1) is 0 Å². The van der Waals surface area contributed by atoms with Gasteiger partial charge in [0, 0.05) is 42.2 Å². The third kappa shape index (κ3) is 3.29. The first kappa shape index (κ1) is 22.5. The lowest BCUT2D eigenvalue weighted by Gasteiger charge is -2.41. The highest BCUT2D eigenvalue weighted by Gasteiger charge is 2.93. The van der Waals surface area contributed by atoms with Gasteiger partial charge < -0.3 is 10.2 Å². The molecule has 5 nitrogen and oxygen atoms in total. The number of likely N-dealkylation sites (tertiary alicyclic amines) is 1. The second-order valence-electron chi connectivity index (χ2n) is 11.0. The van der Waals surface area contributed by atoms with Crippen LogP contribution in [0.2, 0.25) is 0 Å². The van der Waals surface area contributed by atoms with Crippen molar-refractivity contribution in [1.29, 1.82) is 5.26 Å². The number of alkyl halides is 2. The molecular formula is C28H30F2N4O. The summed E-state index contributed by atoms with van der Waals surface area (Å²) in [5, 5.41) is 12.3. The number of anilines is 1. The van der Waals surface area contributed by atoms with Gasteiger partial charge in [0.15, 0.2) is 0 Å². The average Bonchev–Trinajstić information content (AvgIpc) is 3.33. The van der Waals surface area contributed by atoms with Crippen LogP contribution in [-0.2, 0) is 0 Å². The molecular weight excluding hydrogens is 446 g/mol. The Kier molecular flexibility index (Phi) is 5.14. The molecule has 1 N–H and O–H groups in total. The highest BCUT2D eigenvalue weighted by molar-refractivity contribution is 5.94. The maximum absolute atomic E-state index is 14.5. The monoisotopic (exact) mass is 476 g/mol. The van der Waals surface area contributed by atoms with Crippen LogP contribution in [0.15, 0.2) is 42.6 Å². The van der Waals surface area contributed by atoms with Gasteiger partial charge in [-0.1, -0.05) is 18.6 Å². The lowest BCUT2D eigenvalue weighted by atomic mass is 9.62. The van der Waals surface area contributed by atoms with Gasteiger partial charge in [-0.2, -0.15) is 5.26 Å². The molecule has 6 rings (SSSR count). The Morgan fingerprint density at radius 2 is 1.83 bits per heavy atom. The van der Waals surface area contributed by atoms with E-state index in [0.29, 0.717) is 68.2 Å². The molecule has 0 bridgehead atoms. The maximum atomic E-state index is 14.5. The lowest BCUT2D eigenvalue weighted by molar-refractivity contribution is 0.000392. The molecule has 4 fully saturated rings. The Morgan fingerprint density at radius 3 is 2.43 bits per heavy atom. The molecule has 0 unspecified atom stereocenters. The van der Waals surface area contributed by atoms with Crippen molar-refractivity contribution in [3.05, 3.63) is 59.3 Å². The summed E-state index contributed by atoms with van der Waals surface area (Å²) >= 11 is 0. The van der Waals surface area contributed by atoms with Crippen molar-refractivity contribution in [3.8, 4) is 6.07 Å². The van der Waals surface area contributed by atoms with Crippen molar-refractivity contribution in [2.75, 3.05) is 25.0 Å². The number of nitrogens with one attached hydrogen (secondary N) is 1. The second kappa shape index (κ2) is 8.01. The predicted octanol–water partition coefficient (Wildman–Crippen LogP) is 5.60. The predicted molar refractivity (Wildman–Crippen MR) is 128 cm³/mol. The van der Waals surface area contributed by atoms with E-state index in [0.717, 1.165) is 19.3 Å². The molecule has 2 heterocycles. The first-order valence-corrected chi connectivity index (χ1v) is 12.8. The molecule has 3 saturated carbocycles. The summed E-state index contributed by atoms with van der Waals surface area (Å²) < 4.78 is 28.9. The van der Waals surface area contributed by atoms with Gasteiger partial charge >= 0.3 is 0 Å². The zero-order chi connectivity index (χ0) is 24.3. The quantitative estimate of drug-likeness (QED) is 0.610. The van der Waals surface area contributed by atoms with E-state index in [-0.39, 0.29) is 11.8 Å². The van der Waals surface area contributed by atoms with Crippen LogP contribution < -0.4 is 5.32 Å². The molecule has 2 spiro atoms. The molecule has 35 heavy (non-hydrogen) atoms. The minimum atomic E-state index is -2.47. The van der Waals surface area contributed by atoms with E-state index >= 15 is 0 Å². The first-order chi connectivity index (χ1) is 16.9. The van der Waals surface area contributed by atoms with E-state index in [1.165, 1.54) is 5.56 Å². The molecule has 1 aromatic carbocycles. The lowest BCUT2D eigenvalue weighted by Crippen LogP contribution is -2.38. The molecule has 1 aliphatic heterocycles. The summed E-state index contributed by atoms with van der Waals surface area (Å²) in [6, 6.07) is 13.4. The number of hydrogen-bond donors (Lipinski definition) is 1. The van der Waals surface area contributed by atoms with Gasteiger partial charge in [0.25, 0.3) is 11.8 Å². The van der Waals surface area contributed by atoms with Gasteiger partial charge in [0.2, 0.25) is 0 Å². The number of nitrogens with zero attached hydrogens (tertiary/aromatic N) is 3. The zero-order valence-corrected chi connectivity index (χ0v) is 19.8. The van der Waals surface area contributed by atoms with E-state index in [1.54, 1.807) is 18.3 Å². The number of piperidine rings is 1. The molecule has 1 saturated heterocycles. The number of nitriles is 1. The molecule has 1 aromatic heterocycles. The summed E-state index contributed by atoms with van der Waals surface area (Å²) in [4.78, 5) is 19.3. The van der Waals surface area contributed by atoms with Crippen molar-refractivity contribution in [2.45, 2.75) is 56.8 Å². The van der Waals surface area contributed by atoms with E-state index in [9.17, 15) is 13.6 Å². The number of amides is 1. The highest BCUT2D eigenvalue weighted by Crippen LogP contribution is 2.89. The van der Waals surface area contributed by atoms with E-state index in [2.05, 4.69) is 16.4 Å². The molecule has 0 atom stereocenters. The topological polar surface area (TPSA) is 69.0 Å². The fourth-order valence-corrected chi connectivity index (χ4v) is 7.12. The van der Waals surface area contributed by atoms with Gasteiger partial charge in [0.05, 0.1) is 11.6 Å². The number of hydrogen-bond acceptors (Lipinski definition) is 4.